The van der Waals surface area contributed by atoms with Crippen LogP contribution < -0.4 is 14.2 Å². The third kappa shape index (κ3) is 8.65. The Hall–Kier alpha value is -2.95. The van der Waals surface area contributed by atoms with Gasteiger partial charge in [0, 0.05) is 0 Å². The summed E-state index contributed by atoms with van der Waals surface area (Å²) in [6.07, 6.45) is 9.21. The molecule has 1 aliphatic rings. The lowest BCUT2D eigenvalue weighted by molar-refractivity contribution is 0.0798. The van der Waals surface area contributed by atoms with E-state index in [1.165, 1.54) is 0 Å². The first-order valence-electron chi connectivity index (χ1n) is 12.9. The summed E-state index contributed by atoms with van der Waals surface area (Å²) in [5, 5.41) is 4.09. The van der Waals surface area contributed by atoms with Crippen molar-refractivity contribution in [2.45, 2.75) is 85.9 Å². The summed E-state index contributed by atoms with van der Waals surface area (Å²) in [6, 6.07) is 12.2. The highest BCUT2D eigenvalue weighted by Crippen LogP contribution is 2.33. The fourth-order valence-electron chi connectivity index (χ4n) is 4.20. The maximum absolute atomic E-state index is 6.42. The van der Waals surface area contributed by atoms with E-state index in [2.05, 4.69) is 38.1 Å². The molecular weight excluding hydrogens is 438 g/mol. The van der Waals surface area contributed by atoms with Gasteiger partial charge >= 0.3 is 0 Å². The summed E-state index contributed by atoms with van der Waals surface area (Å²) >= 11 is 0. The fraction of sp³-hybridized carbons (Fsp3) is 0.500. The van der Waals surface area contributed by atoms with Crippen molar-refractivity contribution in [2.24, 2.45) is 5.16 Å². The average molecular weight is 482 g/mol. The first-order valence-corrected chi connectivity index (χ1v) is 12.9. The summed E-state index contributed by atoms with van der Waals surface area (Å²) in [4.78, 5) is 4.93. The number of aryl methyl sites for hydroxylation is 2. The standard InChI is InChI=1S/C28H37NO4.C2H6/c1-6-8-17-31-26-18-20(3)28(21(4)19-26)33-25-15-13-24(14-16-25)32-23-11-9-22(10-12-23)27(7-2)29-30-5;1-2/h6,8-12,18-19,24-25H,7,13-17H2,1-5H3;1-2H3/b8-6+,29-27-;. The van der Waals surface area contributed by atoms with Gasteiger partial charge in [-0.25, -0.2) is 0 Å². The minimum Gasteiger partial charge on any atom is -0.490 e. The predicted octanol–water partition coefficient (Wildman–Crippen LogP) is 7.81. The molecule has 2 aromatic carbocycles. The summed E-state index contributed by atoms with van der Waals surface area (Å²) < 4.78 is 18.5. The highest BCUT2D eigenvalue weighted by Gasteiger charge is 2.25. The van der Waals surface area contributed by atoms with Crippen molar-refractivity contribution in [3.8, 4) is 17.2 Å². The Kier molecular flexibility index (Phi) is 12.2. The zero-order valence-electron chi connectivity index (χ0n) is 22.6. The summed E-state index contributed by atoms with van der Waals surface area (Å²) in [5.74, 6) is 2.77. The zero-order valence-corrected chi connectivity index (χ0v) is 22.6. The minimum atomic E-state index is 0.219. The van der Waals surface area contributed by atoms with Crippen LogP contribution in [0.3, 0.4) is 0 Å². The van der Waals surface area contributed by atoms with Gasteiger partial charge in [-0.15, -0.1) is 0 Å². The van der Waals surface area contributed by atoms with Gasteiger partial charge in [0.2, 0.25) is 0 Å². The molecule has 0 heterocycles. The van der Waals surface area contributed by atoms with Gasteiger partial charge in [0.1, 0.15) is 31.0 Å². The predicted molar refractivity (Wildman–Crippen MR) is 145 cm³/mol. The van der Waals surface area contributed by atoms with Crippen LogP contribution in [0.2, 0.25) is 0 Å². The van der Waals surface area contributed by atoms with E-state index < -0.39 is 0 Å². The highest BCUT2D eigenvalue weighted by atomic mass is 16.6. The molecule has 0 N–H and O–H groups in total. The van der Waals surface area contributed by atoms with Crippen molar-refractivity contribution < 1.29 is 19.0 Å². The first-order chi connectivity index (χ1) is 17.0. The van der Waals surface area contributed by atoms with Crippen molar-refractivity contribution >= 4 is 5.71 Å². The topological polar surface area (TPSA) is 49.3 Å². The number of hydrogen-bond acceptors (Lipinski definition) is 5. The molecule has 0 bridgehead atoms. The molecule has 3 rings (SSSR count). The largest absolute Gasteiger partial charge is 0.490 e. The minimum absolute atomic E-state index is 0.219. The maximum atomic E-state index is 6.42. The van der Waals surface area contributed by atoms with Crippen molar-refractivity contribution in [1.29, 1.82) is 0 Å². The number of hydrogen-bond donors (Lipinski definition) is 0. The van der Waals surface area contributed by atoms with Gasteiger partial charge in [-0.05, 0) is 106 Å². The van der Waals surface area contributed by atoms with E-state index in [1.54, 1.807) is 7.11 Å². The van der Waals surface area contributed by atoms with E-state index in [0.29, 0.717) is 6.61 Å². The Bertz CT molecular complexity index is 918. The summed E-state index contributed by atoms with van der Waals surface area (Å²) in [6.45, 7) is 12.8. The molecule has 192 valence electrons. The number of benzene rings is 2. The van der Waals surface area contributed by atoms with Crippen molar-refractivity contribution in [3.63, 3.8) is 0 Å². The van der Waals surface area contributed by atoms with Crippen LogP contribution in [-0.2, 0) is 4.84 Å². The van der Waals surface area contributed by atoms with Crippen LogP contribution >= 0.6 is 0 Å². The van der Waals surface area contributed by atoms with Gasteiger partial charge in [0.15, 0.2) is 0 Å². The molecule has 35 heavy (non-hydrogen) atoms. The van der Waals surface area contributed by atoms with Crippen LogP contribution in [0.5, 0.6) is 17.2 Å². The summed E-state index contributed by atoms with van der Waals surface area (Å²) in [5.41, 5.74) is 4.23. The van der Waals surface area contributed by atoms with E-state index in [1.807, 2.05) is 57.2 Å². The smallest absolute Gasteiger partial charge is 0.125 e. The van der Waals surface area contributed by atoms with E-state index in [9.17, 15) is 0 Å². The molecule has 5 nitrogen and oxygen atoms in total. The number of oxime groups is 1. The molecule has 5 heteroatoms. The molecule has 2 aromatic rings. The molecule has 0 amide bonds. The third-order valence-corrected chi connectivity index (χ3v) is 5.95. The lowest BCUT2D eigenvalue weighted by atomic mass is 9.94. The molecule has 0 aliphatic heterocycles. The van der Waals surface area contributed by atoms with E-state index >= 15 is 0 Å². The third-order valence-electron chi connectivity index (χ3n) is 5.95. The highest BCUT2D eigenvalue weighted by molar-refractivity contribution is 6.00. The second-order valence-electron chi connectivity index (χ2n) is 8.50. The quantitative estimate of drug-likeness (QED) is 0.197. The average Bonchev–Trinajstić information content (AvgIpc) is 2.88. The first kappa shape index (κ1) is 28.3. The van der Waals surface area contributed by atoms with Gasteiger partial charge in [-0.1, -0.05) is 38.1 Å². The van der Waals surface area contributed by atoms with Crippen molar-refractivity contribution in [1.82, 2.24) is 0 Å². The number of ether oxygens (including phenoxy) is 3. The Labute approximate surface area is 212 Å². The molecular formula is C30H43NO4. The van der Waals surface area contributed by atoms with Gasteiger partial charge in [0.05, 0.1) is 17.9 Å². The zero-order chi connectivity index (χ0) is 25.6. The Morgan fingerprint density at radius 3 is 2.00 bits per heavy atom. The molecule has 0 unspecified atom stereocenters. The SMILES string of the molecule is C/C=C/COc1cc(C)c(OC2CCC(Oc3ccc(/C(CC)=N\OC)cc3)CC2)c(C)c1.CC. The van der Waals surface area contributed by atoms with Crippen LogP contribution in [0.1, 0.15) is 76.5 Å². The number of nitrogens with zero attached hydrogens (tertiary/aromatic N) is 1. The van der Waals surface area contributed by atoms with Gasteiger partial charge in [-0.2, -0.15) is 0 Å². The second kappa shape index (κ2) is 15.1. The Morgan fingerprint density at radius 2 is 1.49 bits per heavy atom. The van der Waals surface area contributed by atoms with E-state index in [0.717, 1.165) is 71.8 Å². The van der Waals surface area contributed by atoms with E-state index in [-0.39, 0.29) is 12.2 Å². The van der Waals surface area contributed by atoms with Crippen LogP contribution in [-0.4, -0.2) is 31.6 Å². The molecule has 0 aromatic heterocycles. The van der Waals surface area contributed by atoms with Crippen LogP contribution in [0.25, 0.3) is 0 Å². The van der Waals surface area contributed by atoms with Crippen molar-refractivity contribution in [3.05, 3.63) is 65.2 Å². The van der Waals surface area contributed by atoms with Gasteiger partial charge in [0.25, 0.3) is 0 Å². The number of allylic oxidation sites excluding steroid dienone is 1. The molecule has 0 saturated heterocycles. The Balaban J connectivity index is 0.00000210. The van der Waals surface area contributed by atoms with Crippen molar-refractivity contribution in [2.75, 3.05) is 13.7 Å². The van der Waals surface area contributed by atoms with Crippen LogP contribution in [0.4, 0.5) is 0 Å². The van der Waals surface area contributed by atoms with Gasteiger partial charge < -0.3 is 19.0 Å². The lowest BCUT2D eigenvalue weighted by Gasteiger charge is -2.30. The van der Waals surface area contributed by atoms with Crippen LogP contribution in [0, 0.1) is 13.8 Å². The molecule has 1 saturated carbocycles. The Morgan fingerprint density at radius 1 is 0.914 bits per heavy atom. The van der Waals surface area contributed by atoms with Gasteiger partial charge in [-0.3, -0.25) is 0 Å². The molecule has 0 atom stereocenters. The molecule has 0 radical (unpaired) electrons. The lowest BCUT2D eigenvalue weighted by Crippen LogP contribution is -2.30. The monoisotopic (exact) mass is 481 g/mol. The maximum Gasteiger partial charge on any atom is 0.125 e. The molecule has 1 aliphatic carbocycles. The molecule has 0 spiro atoms. The second-order valence-corrected chi connectivity index (χ2v) is 8.50. The fourth-order valence-corrected chi connectivity index (χ4v) is 4.20. The van der Waals surface area contributed by atoms with E-state index in [4.69, 9.17) is 19.0 Å². The summed E-state index contributed by atoms with van der Waals surface area (Å²) in [7, 11) is 1.58. The van der Waals surface area contributed by atoms with Crippen LogP contribution in [0.15, 0.2) is 53.7 Å². The molecule has 1 fully saturated rings. The normalized spacial score (nSPS) is 18.0. The number of rotatable bonds is 10.